The summed E-state index contributed by atoms with van der Waals surface area (Å²) >= 11 is 6.00. The maximum Gasteiger partial charge on any atom is 0.401 e. The zero-order chi connectivity index (χ0) is 23.4. The summed E-state index contributed by atoms with van der Waals surface area (Å²) in [7, 11) is 0. The third kappa shape index (κ3) is 3.66. The lowest BCUT2D eigenvalue weighted by Gasteiger charge is -2.41. The van der Waals surface area contributed by atoms with Crippen molar-refractivity contribution in [2.24, 2.45) is 0 Å². The van der Waals surface area contributed by atoms with E-state index in [1.54, 1.807) is 24.4 Å². The van der Waals surface area contributed by atoms with E-state index < -0.39 is 18.1 Å². The van der Waals surface area contributed by atoms with Crippen LogP contribution in [0.1, 0.15) is 30.7 Å². The molecule has 0 radical (unpaired) electrons. The van der Waals surface area contributed by atoms with Crippen LogP contribution in [0.2, 0.25) is 5.02 Å². The molecule has 0 bridgehead atoms. The summed E-state index contributed by atoms with van der Waals surface area (Å²) in [4.78, 5) is 32.3. The van der Waals surface area contributed by atoms with Crippen LogP contribution < -0.4 is 4.90 Å². The van der Waals surface area contributed by atoms with E-state index in [0.29, 0.717) is 29.8 Å². The van der Waals surface area contributed by atoms with Crippen molar-refractivity contribution in [2.75, 3.05) is 31.1 Å². The number of hydrogen-bond acceptors (Lipinski definition) is 6. The zero-order valence-corrected chi connectivity index (χ0v) is 18.4. The van der Waals surface area contributed by atoms with Gasteiger partial charge in [-0.1, -0.05) is 11.6 Å². The van der Waals surface area contributed by atoms with Crippen LogP contribution in [0.15, 0.2) is 36.8 Å². The average molecular weight is 477 g/mol. The Bertz CT molecular complexity index is 1230. The van der Waals surface area contributed by atoms with Crippen molar-refractivity contribution in [3.63, 3.8) is 0 Å². The number of rotatable bonds is 3. The molecule has 1 atom stereocenters. The molecule has 0 spiro atoms. The SMILES string of the molecule is CC(=O)N1CCC(c2nccnc2C2CN(c3ncc4cc(Cl)ccc4n3)C2)(C(F)(F)F)C1. The normalized spacial score (nSPS) is 21.5. The summed E-state index contributed by atoms with van der Waals surface area (Å²) in [5.74, 6) is -0.124. The molecule has 33 heavy (non-hydrogen) atoms. The predicted molar refractivity (Wildman–Crippen MR) is 116 cm³/mol. The Balaban J connectivity index is 1.42. The van der Waals surface area contributed by atoms with E-state index in [9.17, 15) is 18.0 Å². The summed E-state index contributed by atoms with van der Waals surface area (Å²) < 4.78 is 43.1. The highest BCUT2D eigenvalue weighted by Crippen LogP contribution is 2.49. The van der Waals surface area contributed by atoms with Gasteiger partial charge in [0.25, 0.3) is 0 Å². The molecule has 2 aromatic heterocycles. The molecule has 0 N–H and O–H groups in total. The number of anilines is 1. The number of hydrogen-bond donors (Lipinski definition) is 0. The Morgan fingerprint density at radius 3 is 2.64 bits per heavy atom. The van der Waals surface area contributed by atoms with Crippen LogP contribution in [0.25, 0.3) is 10.9 Å². The lowest BCUT2D eigenvalue weighted by molar-refractivity contribution is -0.188. The lowest BCUT2D eigenvalue weighted by atomic mass is 9.78. The van der Waals surface area contributed by atoms with E-state index >= 15 is 0 Å². The fraction of sp³-hybridized carbons (Fsp3) is 0.409. The van der Waals surface area contributed by atoms with Crippen LogP contribution in [-0.2, 0) is 10.2 Å². The average Bonchev–Trinajstić information content (AvgIpc) is 3.20. The van der Waals surface area contributed by atoms with E-state index in [1.807, 2.05) is 4.90 Å². The molecule has 4 heterocycles. The van der Waals surface area contributed by atoms with Gasteiger partial charge in [0.05, 0.1) is 16.9 Å². The van der Waals surface area contributed by atoms with Gasteiger partial charge >= 0.3 is 6.18 Å². The van der Waals surface area contributed by atoms with Crippen molar-refractivity contribution >= 4 is 34.4 Å². The molecule has 0 saturated carbocycles. The molecule has 3 aromatic rings. The van der Waals surface area contributed by atoms with Crippen LogP contribution in [0.5, 0.6) is 0 Å². The number of carbonyl (C=O) groups excluding carboxylic acids is 1. The van der Waals surface area contributed by atoms with E-state index in [4.69, 9.17) is 11.6 Å². The second-order valence-corrected chi connectivity index (χ2v) is 8.97. The first-order valence-electron chi connectivity index (χ1n) is 10.5. The van der Waals surface area contributed by atoms with Crippen LogP contribution in [0, 0.1) is 0 Å². The number of benzene rings is 1. The van der Waals surface area contributed by atoms with Gasteiger partial charge in [0, 0.05) is 68.0 Å². The Kier molecular flexibility index (Phi) is 5.15. The highest BCUT2D eigenvalue weighted by atomic mass is 35.5. The Morgan fingerprint density at radius 1 is 1.18 bits per heavy atom. The first-order valence-corrected chi connectivity index (χ1v) is 10.9. The van der Waals surface area contributed by atoms with Crippen molar-refractivity contribution in [3.05, 3.63) is 53.2 Å². The number of likely N-dealkylation sites (tertiary alicyclic amines) is 1. The second kappa shape index (κ2) is 7.79. The van der Waals surface area contributed by atoms with E-state index in [1.165, 1.54) is 24.2 Å². The topological polar surface area (TPSA) is 75.1 Å². The minimum Gasteiger partial charge on any atom is -0.342 e. The predicted octanol–water partition coefficient (Wildman–Crippen LogP) is 3.73. The summed E-state index contributed by atoms with van der Waals surface area (Å²) in [6.07, 6.45) is -0.406. The van der Waals surface area contributed by atoms with Crippen LogP contribution in [0.3, 0.4) is 0 Å². The van der Waals surface area contributed by atoms with Crippen molar-refractivity contribution in [2.45, 2.75) is 30.9 Å². The molecular weight excluding hydrogens is 457 g/mol. The van der Waals surface area contributed by atoms with Gasteiger partial charge in [0.1, 0.15) is 5.41 Å². The third-order valence-electron chi connectivity index (χ3n) is 6.52. The molecule has 2 aliphatic rings. The van der Waals surface area contributed by atoms with Crippen molar-refractivity contribution < 1.29 is 18.0 Å². The standard InChI is InChI=1S/C22H20ClF3N6O/c1-13(33)31-7-4-21(12-31,22(24,25)26)19-18(27-5-6-28-19)15-10-32(11-15)20-29-9-14-8-16(23)2-3-17(14)30-20/h2-3,5-6,8-9,15H,4,7,10-12H2,1H3. The minimum absolute atomic E-state index is 0.0383. The second-order valence-electron chi connectivity index (χ2n) is 8.54. The van der Waals surface area contributed by atoms with E-state index in [2.05, 4.69) is 19.9 Å². The maximum absolute atomic E-state index is 14.4. The van der Waals surface area contributed by atoms with Gasteiger partial charge in [0.15, 0.2) is 0 Å². The van der Waals surface area contributed by atoms with Crippen molar-refractivity contribution in [1.29, 1.82) is 0 Å². The first-order chi connectivity index (χ1) is 15.7. The number of nitrogens with zero attached hydrogens (tertiary/aromatic N) is 6. The molecule has 1 amide bonds. The number of alkyl halides is 3. The summed E-state index contributed by atoms with van der Waals surface area (Å²) in [5, 5.41) is 1.40. The van der Waals surface area contributed by atoms with Crippen molar-refractivity contribution in [1.82, 2.24) is 24.8 Å². The number of amides is 1. The highest BCUT2D eigenvalue weighted by molar-refractivity contribution is 6.31. The maximum atomic E-state index is 14.4. The Labute approximate surface area is 192 Å². The molecule has 1 aromatic carbocycles. The monoisotopic (exact) mass is 476 g/mol. The minimum atomic E-state index is -4.56. The van der Waals surface area contributed by atoms with Gasteiger partial charge in [-0.3, -0.25) is 14.8 Å². The fourth-order valence-electron chi connectivity index (χ4n) is 4.62. The molecular formula is C22H20ClF3N6O. The number of fused-ring (bicyclic) bond motifs is 1. The molecule has 172 valence electrons. The number of halogens is 4. The summed E-state index contributed by atoms with van der Waals surface area (Å²) in [6, 6.07) is 5.32. The van der Waals surface area contributed by atoms with Gasteiger partial charge in [-0.2, -0.15) is 13.2 Å². The van der Waals surface area contributed by atoms with Gasteiger partial charge in [0.2, 0.25) is 11.9 Å². The zero-order valence-electron chi connectivity index (χ0n) is 17.7. The van der Waals surface area contributed by atoms with E-state index in [-0.39, 0.29) is 30.5 Å². The fourth-order valence-corrected chi connectivity index (χ4v) is 4.80. The number of aromatic nitrogens is 4. The first kappa shape index (κ1) is 21.8. The third-order valence-corrected chi connectivity index (χ3v) is 6.75. The molecule has 1 unspecified atom stereocenters. The van der Waals surface area contributed by atoms with Gasteiger partial charge in [-0.25, -0.2) is 9.97 Å². The Hall–Kier alpha value is -3.01. The Morgan fingerprint density at radius 2 is 1.94 bits per heavy atom. The van der Waals surface area contributed by atoms with E-state index in [0.717, 1.165) is 10.9 Å². The highest BCUT2D eigenvalue weighted by Gasteiger charge is 2.62. The molecule has 2 aliphatic heterocycles. The van der Waals surface area contributed by atoms with Crippen LogP contribution in [0.4, 0.5) is 19.1 Å². The largest absolute Gasteiger partial charge is 0.401 e. The summed E-state index contributed by atoms with van der Waals surface area (Å²) in [6.45, 7) is 1.73. The van der Waals surface area contributed by atoms with Gasteiger partial charge in [-0.15, -0.1) is 0 Å². The van der Waals surface area contributed by atoms with Gasteiger partial charge in [-0.05, 0) is 24.6 Å². The molecule has 2 fully saturated rings. The molecule has 7 nitrogen and oxygen atoms in total. The van der Waals surface area contributed by atoms with Gasteiger partial charge < -0.3 is 9.80 Å². The van der Waals surface area contributed by atoms with Crippen molar-refractivity contribution in [3.8, 4) is 0 Å². The molecule has 5 rings (SSSR count). The summed E-state index contributed by atoms with van der Waals surface area (Å²) in [5.41, 5.74) is -1.25. The molecule has 11 heteroatoms. The van der Waals surface area contributed by atoms with Crippen LogP contribution >= 0.6 is 11.6 Å². The quantitative estimate of drug-likeness (QED) is 0.573. The number of carbonyl (C=O) groups is 1. The molecule has 0 aliphatic carbocycles. The smallest absolute Gasteiger partial charge is 0.342 e. The molecule has 2 saturated heterocycles. The lowest BCUT2D eigenvalue weighted by Crippen LogP contribution is -2.50. The van der Waals surface area contributed by atoms with Crippen LogP contribution in [-0.4, -0.2) is 63.1 Å².